The van der Waals surface area contributed by atoms with E-state index in [2.05, 4.69) is 35.1 Å². The highest BCUT2D eigenvalue weighted by molar-refractivity contribution is 5.62. The van der Waals surface area contributed by atoms with Gasteiger partial charge in [0.1, 0.15) is 11.6 Å². The Morgan fingerprint density at radius 3 is 2.52 bits per heavy atom. The minimum absolute atomic E-state index is 0.448. The molecule has 1 N–H and O–H groups in total. The predicted molar refractivity (Wildman–Crippen MR) is 87.3 cm³/mol. The first-order valence-corrected chi connectivity index (χ1v) is 7.17. The summed E-state index contributed by atoms with van der Waals surface area (Å²) in [5.41, 5.74) is 2.27. The van der Waals surface area contributed by atoms with Gasteiger partial charge in [-0.05, 0) is 30.3 Å². The zero-order valence-electron chi connectivity index (χ0n) is 13.1. The normalized spacial score (nSPS) is 10.7. The van der Waals surface area contributed by atoms with Crippen LogP contribution in [0.5, 0.6) is 5.75 Å². The second kappa shape index (κ2) is 7.09. The number of aromatic nitrogens is 1. The van der Waals surface area contributed by atoms with E-state index in [0.29, 0.717) is 6.04 Å². The molecule has 0 radical (unpaired) electrons. The summed E-state index contributed by atoms with van der Waals surface area (Å²) in [5, 5.41) is 3.44. The number of anilines is 2. The van der Waals surface area contributed by atoms with Gasteiger partial charge in [0.05, 0.1) is 7.11 Å². The Balaban J connectivity index is 2.23. The maximum absolute atomic E-state index is 5.20. The third kappa shape index (κ3) is 3.95. The molecule has 2 aromatic rings. The molecule has 4 nitrogen and oxygen atoms in total. The third-order valence-electron chi connectivity index (χ3n) is 3.35. The van der Waals surface area contributed by atoms with E-state index >= 15 is 0 Å². The van der Waals surface area contributed by atoms with E-state index in [0.717, 1.165) is 23.8 Å². The minimum atomic E-state index is 0.448. The molecule has 0 saturated heterocycles. The van der Waals surface area contributed by atoms with Gasteiger partial charge in [-0.25, -0.2) is 4.98 Å². The van der Waals surface area contributed by atoms with Crippen LogP contribution >= 0.6 is 0 Å². The molecule has 21 heavy (non-hydrogen) atoms. The van der Waals surface area contributed by atoms with Crippen LogP contribution in [-0.4, -0.2) is 25.2 Å². The van der Waals surface area contributed by atoms with Crippen LogP contribution in [0.2, 0.25) is 0 Å². The second-order valence-electron chi connectivity index (χ2n) is 5.28. The number of benzene rings is 1. The zero-order chi connectivity index (χ0) is 15.2. The molecule has 2 rings (SSSR count). The van der Waals surface area contributed by atoms with Crippen molar-refractivity contribution in [1.82, 2.24) is 10.3 Å². The summed E-state index contributed by atoms with van der Waals surface area (Å²) in [6.45, 7) is 5.09. The molecule has 0 unspecified atom stereocenters. The summed E-state index contributed by atoms with van der Waals surface area (Å²) in [7, 11) is 3.70. The maximum Gasteiger partial charge on any atom is 0.137 e. The van der Waals surface area contributed by atoms with Crippen molar-refractivity contribution in [3.8, 4) is 5.75 Å². The second-order valence-corrected chi connectivity index (χ2v) is 5.28. The van der Waals surface area contributed by atoms with E-state index < -0.39 is 0 Å². The molecule has 0 atom stereocenters. The fourth-order valence-electron chi connectivity index (χ4n) is 2.11. The van der Waals surface area contributed by atoms with Crippen molar-refractivity contribution in [3.63, 3.8) is 0 Å². The van der Waals surface area contributed by atoms with E-state index in [-0.39, 0.29) is 0 Å². The van der Waals surface area contributed by atoms with Gasteiger partial charge in [-0.15, -0.1) is 0 Å². The standard InChI is InChI=1S/C17H23N3O/c1-13(2)19-12-14-6-5-11-18-17(14)20(3)15-7-9-16(21-4)10-8-15/h5-11,13,19H,12H2,1-4H3. The van der Waals surface area contributed by atoms with Crippen molar-refractivity contribution in [3.05, 3.63) is 48.2 Å². The Kier molecular flexibility index (Phi) is 5.17. The first-order valence-electron chi connectivity index (χ1n) is 7.17. The molecular formula is C17H23N3O. The SMILES string of the molecule is COc1ccc(N(C)c2ncccc2CNC(C)C)cc1. The minimum Gasteiger partial charge on any atom is -0.497 e. The average molecular weight is 285 g/mol. The lowest BCUT2D eigenvalue weighted by atomic mass is 10.2. The largest absolute Gasteiger partial charge is 0.497 e. The van der Waals surface area contributed by atoms with Gasteiger partial charge in [0.25, 0.3) is 0 Å². The summed E-state index contributed by atoms with van der Waals surface area (Å²) in [6.07, 6.45) is 1.83. The molecule has 0 bridgehead atoms. The van der Waals surface area contributed by atoms with Gasteiger partial charge in [0.15, 0.2) is 0 Å². The van der Waals surface area contributed by atoms with Crippen LogP contribution in [0.15, 0.2) is 42.6 Å². The molecule has 1 aromatic carbocycles. The predicted octanol–water partition coefficient (Wildman–Crippen LogP) is 3.36. The Labute approximate surface area is 126 Å². The number of nitrogens with zero attached hydrogens (tertiary/aromatic N) is 2. The van der Waals surface area contributed by atoms with Gasteiger partial charge in [-0.3, -0.25) is 0 Å². The molecule has 0 aliphatic carbocycles. The van der Waals surface area contributed by atoms with Crippen molar-refractivity contribution in [1.29, 1.82) is 0 Å². The van der Waals surface area contributed by atoms with Crippen molar-refractivity contribution in [2.45, 2.75) is 26.4 Å². The van der Waals surface area contributed by atoms with E-state index in [9.17, 15) is 0 Å². The van der Waals surface area contributed by atoms with Gasteiger partial charge in [0.2, 0.25) is 0 Å². The van der Waals surface area contributed by atoms with Crippen molar-refractivity contribution >= 4 is 11.5 Å². The average Bonchev–Trinajstić information content (AvgIpc) is 2.52. The molecule has 0 saturated carbocycles. The molecule has 0 aliphatic heterocycles. The first kappa shape index (κ1) is 15.3. The monoisotopic (exact) mass is 285 g/mol. The van der Waals surface area contributed by atoms with E-state index in [1.54, 1.807) is 7.11 Å². The molecule has 0 amide bonds. The number of hydrogen-bond donors (Lipinski definition) is 1. The zero-order valence-corrected chi connectivity index (χ0v) is 13.1. The number of ether oxygens (including phenoxy) is 1. The maximum atomic E-state index is 5.20. The molecule has 112 valence electrons. The number of hydrogen-bond acceptors (Lipinski definition) is 4. The summed E-state index contributed by atoms with van der Waals surface area (Å²) < 4.78 is 5.20. The van der Waals surface area contributed by atoms with Crippen molar-refractivity contribution < 1.29 is 4.74 Å². The Morgan fingerprint density at radius 1 is 1.19 bits per heavy atom. The molecule has 4 heteroatoms. The topological polar surface area (TPSA) is 37.4 Å². The number of methoxy groups -OCH3 is 1. The Hall–Kier alpha value is -2.07. The van der Waals surface area contributed by atoms with Gasteiger partial charge in [-0.2, -0.15) is 0 Å². The lowest BCUT2D eigenvalue weighted by Crippen LogP contribution is -2.23. The molecular weight excluding hydrogens is 262 g/mol. The van der Waals surface area contributed by atoms with Gasteiger partial charge in [0, 0.05) is 37.1 Å². The fraction of sp³-hybridized carbons (Fsp3) is 0.353. The number of nitrogens with one attached hydrogen (secondary N) is 1. The fourth-order valence-corrected chi connectivity index (χ4v) is 2.11. The molecule has 0 spiro atoms. The third-order valence-corrected chi connectivity index (χ3v) is 3.35. The summed E-state index contributed by atoms with van der Waals surface area (Å²) in [4.78, 5) is 6.62. The van der Waals surface area contributed by atoms with Crippen molar-refractivity contribution in [2.24, 2.45) is 0 Å². The molecule has 1 aromatic heterocycles. The summed E-state index contributed by atoms with van der Waals surface area (Å²) in [5.74, 6) is 1.82. The summed E-state index contributed by atoms with van der Waals surface area (Å²) in [6, 6.07) is 12.5. The summed E-state index contributed by atoms with van der Waals surface area (Å²) >= 11 is 0. The van der Waals surface area contributed by atoms with Crippen LogP contribution in [0, 0.1) is 0 Å². The Bertz CT molecular complexity index is 567. The highest BCUT2D eigenvalue weighted by Gasteiger charge is 2.10. The first-order chi connectivity index (χ1) is 10.1. The Morgan fingerprint density at radius 2 is 1.90 bits per heavy atom. The number of pyridine rings is 1. The van der Waals surface area contributed by atoms with Crippen LogP contribution in [0.1, 0.15) is 19.4 Å². The highest BCUT2D eigenvalue weighted by Crippen LogP contribution is 2.26. The smallest absolute Gasteiger partial charge is 0.137 e. The molecule has 0 aliphatic rings. The molecule has 0 fully saturated rings. The molecule has 1 heterocycles. The quantitative estimate of drug-likeness (QED) is 0.883. The van der Waals surface area contributed by atoms with E-state index in [4.69, 9.17) is 4.74 Å². The van der Waals surface area contributed by atoms with Crippen LogP contribution in [0.25, 0.3) is 0 Å². The van der Waals surface area contributed by atoms with Crippen LogP contribution in [-0.2, 0) is 6.54 Å². The van der Waals surface area contributed by atoms with Gasteiger partial charge < -0.3 is 15.0 Å². The van der Waals surface area contributed by atoms with E-state index in [1.807, 2.05) is 43.6 Å². The highest BCUT2D eigenvalue weighted by atomic mass is 16.5. The number of rotatable bonds is 6. The van der Waals surface area contributed by atoms with Gasteiger partial charge in [-0.1, -0.05) is 19.9 Å². The van der Waals surface area contributed by atoms with Crippen LogP contribution in [0.3, 0.4) is 0 Å². The van der Waals surface area contributed by atoms with Crippen LogP contribution < -0.4 is 15.0 Å². The van der Waals surface area contributed by atoms with Crippen molar-refractivity contribution in [2.75, 3.05) is 19.1 Å². The van der Waals surface area contributed by atoms with Crippen LogP contribution in [0.4, 0.5) is 11.5 Å². The lowest BCUT2D eigenvalue weighted by molar-refractivity contribution is 0.415. The van der Waals surface area contributed by atoms with E-state index in [1.165, 1.54) is 5.56 Å². The van der Waals surface area contributed by atoms with Gasteiger partial charge >= 0.3 is 0 Å². The lowest BCUT2D eigenvalue weighted by Gasteiger charge is -2.22.